The van der Waals surface area contributed by atoms with Crippen molar-refractivity contribution in [1.82, 2.24) is 0 Å². The van der Waals surface area contributed by atoms with Crippen LogP contribution in [-0.4, -0.2) is 6.61 Å². The summed E-state index contributed by atoms with van der Waals surface area (Å²) in [5.74, 6) is 0.150. The summed E-state index contributed by atoms with van der Waals surface area (Å²) in [4.78, 5) is 0. The summed E-state index contributed by atoms with van der Waals surface area (Å²) < 4.78 is 18.2. The molecule has 0 saturated heterocycles. The van der Waals surface area contributed by atoms with Gasteiger partial charge < -0.3 is 10.5 Å². The van der Waals surface area contributed by atoms with Crippen LogP contribution in [0.4, 0.5) is 10.1 Å². The monoisotopic (exact) mass is 167 g/mol. The fourth-order valence-electron chi connectivity index (χ4n) is 1.42. The molecule has 1 aromatic rings. The van der Waals surface area contributed by atoms with E-state index in [-0.39, 0.29) is 5.69 Å². The molecule has 1 aliphatic rings. The van der Waals surface area contributed by atoms with Gasteiger partial charge in [0, 0.05) is 0 Å². The number of aryl methyl sites for hydroxylation is 1. The van der Waals surface area contributed by atoms with Gasteiger partial charge in [-0.1, -0.05) is 6.07 Å². The molecule has 0 unspecified atom stereocenters. The standard InChI is InChI=1S/C9H10FNO/c10-7-4-3-6-2-1-5-12-9(6)8(7)11/h3-4H,1-2,5,11H2. The van der Waals surface area contributed by atoms with Gasteiger partial charge in [-0.25, -0.2) is 4.39 Å². The lowest BCUT2D eigenvalue weighted by atomic mass is 10.1. The zero-order valence-electron chi connectivity index (χ0n) is 6.64. The maximum Gasteiger partial charge on any atom is 0.149 e. The van der Waals surface area contributed by atoms with Crippen LogP contribution in [-0.2, 0) is 6.42 Å². The van der Waals surface area contributed by atoms with Crippen molar-refractivity contribution in [3.05, 3.63) is 23.5 Å². The van der Waals surface area contributed by atoms with E-state index in [0.29, 0.717) is 12.4 Å². The van der Waals surface area contributed by atoms with E-state index in [2.05, 4.69) is 0 Å². The van der Waals surface area contributed by atoms with E-state index in [4.69, 9.17) is 10.5 Å². The van der Waals surface area contributed by atoms with Gasteiger partial charge in [0.1, 0.15) is 17.3 Å². The minimum absolute atomic E-state index is 0.146. The van der Waals surface area contributed by atoms with Crippen LogP contribution < -0.4 is 10.5 Å². The normalized spacial score (nSPS) is 15.1. The van der Waals surface area contributed by atoms with Crippen molar-refractivity contribution in [1.29, 1.82) is 0 Å². The van der Waals surface area contributed by atoms with Crippen molar-refractivity contribution in [3.8, 4) is 5.75 Å². The maximum atomic E-state index is 12.9. The number of halogens is 1. The van der Waals surface area contributed by atoms with Crippen LogP contribution in [0.15, 0.2) is 12.1 Å². The Kier molecular flexibility index (Phi) is 1.64. The Hall–Kier alpha value is -1.25. The second-order valence-electron chi connectivity index (χ2n) is 2.90. The first kappa shape index (κ1) is 7.40. The van der Waals surface area contributed by atoms with Gasteiger partial charge in [-0.2, -0.15) is 0 Å². The van der Waals surface area contributed by atoms with Gasteiger partial charge in [-0.05, 0) is 24.5 Å². The third-order valence-electron chi connectivity index (χ3n) is 2.06. The molecule has 12 heavy (non-hydrogen) atoms. The molecular weight excluding hydrogens is 157 g/mol. The molecule has 0 fully saturated rings. The topological polar surface area (TPSA) is 35.2 Å². The molecule has 0 bridgehead atoms. The third-order valence-corrected chi connectivity index (χ3v) is 2.06. The molecule has 3 heteroatoms. The van der Waals surface area contributed by atoms with Gasteiger partial charge in [0.25, 0.3) is 0 Å². The lowest BCUT2D eigenvalue weighted by molar-refractivity contribution is 0.289. The molecule has 1 aromatic carbocycles. The van der Waals surface area contributed by atoms with Gasteiger partial charge in [-0.15, -0.1) is 0 Å². The van der Waals surface area contributed by atoms with Gasteiger partial charge in [0.2, 0.25) is 0 Å². The number of nitrogens with two attached hydrogens (primary N) is 1. The number of anilines is 1. The maximum absolute atomic E-state index is 12.9. The Morgan fingerprint density at radius 2 is 2.25 bits per heavy atom. The van der Waals surface area contributed by atoms with Gasteiger partial charge >= 0.3 is 0 Å². The number of nitrogen functional groups attached to an aromatic ring is 1. The summed E-state index contributed by atoms with van der Waals surface area (Å²) in [6, 6.07) is 3.13. The molecular formula is C9H10FNO. The first-order valence-corrected chi connectivity index (χ1v) is 3.98. The fraction of sp³-hybridized carbons (Fsp3) is 0.333. The zero-order chi connectivity index (χ0) is 8.55. The van der Waals surface area contributed by atoms with Crippen LogP contribution in [0.2, 0.25) is 0 Å². The molecule has 0 aliphatic carbocycles. The van der Waals surface area contributed by atoms with Crippen LogP contribution in [0.3, 0.4) is 0 Å². The smallest absolute Gasteiger partial charge is 0.149 e. The zero-order valence-corrected chi connectivity index (χ0v) is 6.64. The van der Waals surface area contributed by atoms with E-state index >= 15 is 0 Å². The Bertz CT molecular complexity index is 312. The first-order chi connectivity index (χ1) is 5.79. The molecule has 64 valence electrons. The fourth-order valence-corrected chi connectivity index (χ4v) is 1.42. The van der Waals surface area contributed by atoms with E-state index in [9.17, 15) is 4.39 Å². The van der Waals surface area contributed by atoms with Crippen molar-refractivity contribution >= 4 is 5.69 Å². The highest BCUT2D eigenvalue weighted by Gasteiger charge is 2.15. The second kappa shape index (κ2) is 2.66. The Balaban J connectivity index is 2.54. The minimum atomic E-state index is -0.393. The van der Waals surface area contributed by atoms with Crippen LogP contribution in [0.25, 0.3) is 0 Å². The summed E-state index contributed by atoms with van der Waals surface area (Å²) in [7, 11) is 0. The third kappa shape index (κ3) is 1.02. The highest BCUT2D eigenvalue weighted by atomic mass is 19.1. The molecule has 2 N–H and O–H groups in total. The average molecular weight is 167 g/mol. The number of ether oxygens (including phenoxy) is 1. The number of hydrogen-bond donors (Lipinski definition) is 1. The predicted molar refractivity (Wildman–Crippen MR) is 44.6 cm³/mol. The number of benzene rings is 1. The molecule has 2 rings (SSSR count). The van der Waals surface area contributed by atoms with Gasteiger partial charge in [-0.3, -0.25) is 0 Å². The largest absolute Gasteiger partial charge is 0.491 e. The number of fused-ring (bicyclic) bond motifs is 1. The lowest BCUT2D eigenvalue weighted by Crippen LogP contribution is -2.11. The highest BCUT2D eigenvalue weighted by molar-refractivity contribution is 5.58. The van der Waals surface area contributed by atoms with Crippen molar-refractivity contribution < 1.29 is 9.13 Å². The summed E-state index contributed by atoms with van der Waals surface area (Å²) in [5, 5.41) is 0. The Labute approximate surface area is 70.1 Å². The predicted octanol–water partition coefficient (Wildman–Crippen LogP) is 1.73. The SMILES string of the molecule is Nc1c(F)ccc2c1OCCC2. The summed E-state index contributed by atoms with van der Waals surface area (Å²) >= 11 is 0. The van der Waals surface area contributed by atoms with Crippen LogP contribution in [0.1, 0.15) is 12.0 Å². The van der Waals surface area contributed by atoms with E-state index in [1.165, 1.54) is 6.07 Å². The quantitative estimate of drug-likeness (QED) is 0.597. The molecule has 0 radical (unpaired) electrons. The van der Waals surface area contributed by atoms with Gasteiger partial charge in [0.05, 0.1) is 6.61 Å². The van der Waals surface area contributed by atoms with E-state index < -0.39 is 5.82 Å². The molecule has 1 aliphatic heterocycles. The summed E-state index contributed by atoms with van der Waals surface area (Å²) in [5.41, 5.74) is 6.66. The van der Waals surface area contributed by atoms with Crippen molar-refractivity contribution in [2.75, 3.05) is 12.3 Å². The summed E-state index contributed by atoms with van der Waals surface area (Å²) in [6.07, 6.45) is 1.91. The van der Waals surface area contributed by atoms with Gasteiger partial charge in [0.15, 0.2) is 0 Å². The van der Waals surface area contributed by atoms with E-state index in [0.717, 1.165) is 18.4 Å². The molecule has 0 amide bonds. The molecule has 0 spiro atoms. The van der Waals surface area contributed by atoms with Crippen molar-refractivity contribution in [2.45, 2.75) is 12.8 Å². The number of rotatable bonds is 0. The van der Waals surface area contributed by atoms with Crippen LogP contribution in [0, 0.1) is 5.82 Å². The lowest BCUT2D eigenvalue weighted by Gasteiger charge is -2.18. The first-order valence-electron chi connectivity index (χ1n) is 3.98. The highest BCUT2D eigenvalue weighted by Crippen LogP contribution is 2.32. The van der Waals surface area contributed by atoms with Crippen molar-refractivity contribution in [2.24, 2.45) is 0 Å². The Morgan fingerprint density at radius 1 is 1.42 bits per heavy atom. The van der Waals surface area contributed by atoms with Crippen molar-refractivity contribution in [3.63, 3.8) is 0 Å². The molecule has 0 atom stereocenters. The number of hydrogen-bond acceptors (Lipinski definition) is 2. The Morgan fingerprint density at radius 3 is 3.08 bits per heavy atom. The van der Waals surface area contributed by atoms with E-state index in [1.54, 1.807) is 6.07 Å². The molecule has 0 saturated carbocycles. The van der Waals surface area contributed by atoms with Crippen LogP contribution in [0.5, 0.6) is 5.75 Å². The average Bonchev–Trinajstić information content (AvgIpc) is 2.12. The van der Waals surface area contributed by atoms with Crippen LogP contribution >= 0.6 is 0 Å². The second-order valence-corrected chi connectivity index (χ2v) is 2.90. The van der Waals surface area contributed by atoms with E-state index in [1.807, 2.05) is 0 Å². The summed E-state index contributed by atoms with van der Waals surface area (Å²) in [6.45, 7) is 0.640. The molecule has 1 heterocycles. The molecule has 2 nitrogen and oxygen atoms in total. The molecule has 0 aromatic heterocycles. The minimum Gasteiger partial charge on any atom is -0.491 e.